The zero-order valence-electron chi connectivity index (χ0n) is 13.3. The molecule has 2 N–H and O–H groups in total. The van der Waals surface area contributed by atoms with Crippen molar-refractivity contribution in [2.75, 3.05) is 7.11 Å². The maximum atomic E-state index is 11.8. The monoisotopic (exact) mass is 329 g/mol. The van der Waals surface area contributed by atoms with Crippen LogP contribution in [0.5, 0.6) is 5.75 Å². The van der Waals surface area contributed by atoms with Gasteiger partial charge in [0, 0.05) is 6.42 Å². The molecule has 0 aliphatic carbocycles. The number of carbonyl (C=O) groups excluding carboxylic acids is 1. The van der Waals surface area contributed by atoms with E-state index in [4.69, 9.17) is 9.47 Å². The van der Waals surface area contributed by atoms with Crippen molar-refractivity contribution in [2.24, 2.45) is 0 Å². The second kappa shape index (κ2) is 8.57. The molecule has 0 aromatic heterocycles. The normalized spacial score (nSPS) is 11.4. The molecule has 1 atom stereocenters. The van der Waals surface area contributed by atoms with Crippen molar-refractivity contribution in [1.29, 1.82) is 0 Å². The van der Waals surface area contributed by atoms with Gasteiger partial charge in [0.05, 0.1) is 7.11 Å². The van der Waals surface area contributed by atoms with Crippen LogP contribution in [0.2, 0.25) is 0 Å². The molecule has 24 heavy (non-hydrogen) atoms. The fraction of sp³-hybridized carbons (Fsp3) is 0.222. The highest BCUT2D eigenvalue weighted by Crippen LogP contribution is 2.13. The summed E-state index contributed by atoms with van der Waals surface area (Å²) in [6.45, 7) is 0.0849. The van der Waals surface area contributed by atoms with Gasteiger partial charge in [-0.1, -0.05) is 42.5 Å². The number of nitrogens with one attached hydrogen (secondary N) is 1. The highest BCUT2D eigenvalue weighted by atomic mass is 16.5. The molecule has 6 heteroatoms. The Morgan fingerprint density at radius 3 is 2.29 bits per heavy atom. The lowest BCUT2D eigenvalue weighted by molar-refractivity contribution is -0.139. The molecule has 6 nitrogen and oxygen atoms in total. The van der Waals surface area contributed by atoms with E-state index in [2.05, 4.69) is 5.32 Å². The third-order valence-corrected chi connectivity index (χ3v) is 3.40. The van der Waals surface area contributed by atoms with Crippen LogP contribution in [0.15, 0.2) is 54.6 Å². The predicted octanol–water partition coefficient (Wildman–Crippen LogP) is 2.62. The molecule has 2 aromatic carbocycles. The number of ether oxygens (including phenoxy) is 2. The number of methoxy groups -OCH3 is 1. The second-order valence-electron chi connectivity index (χ2n) is 5.15. The number of carbonyl (C=O) groups is 2. The van der Waals surface area contributed by atoms with Gasteiger partial charge >= 0.3 is 12.1 Å². The molecule has 0 aliphatic rings. The van der Waals surface area contributed by atoms with Gasteiger partial charge in [-0.25, -0.2) is 9.59 Å². The summed E-state index contributed by atoms with van der Waals surface area (Å²) < 4.78 is 10.1. The molecular weight excluding hydrogens is 310 g/mol. The van der Waals surface area contributed by atoms with E-state index in [1.807, 2.05) is 30.3 Å². The number of carboxylic acid groups (broad SMARTS) is 1. The molecule has 0 spiro atoms. The maximum Gasteiger partial charge on any atom is 0.408 e. The van der Waals surface area contributed by atoms with Crippen LogP contribution in [-0.4, -0.2) is 30.3 Å². The van der Waals surface area contributed by atoms with Gasteiger partial charge in [0.1, 0.15) is 18.4 Å². The van der Waals surface area contributed by atoms with E-state index >= 15 is 0 Å². The van der Waals surface area contributed by atoms with Crippen LogP contribution in [0.1, 0.15) is 11.1 Å². The molecule has 0 aliphatic heterocycles. The van der Waals surface area contributed by atoms with Crippen LogP contribution < -0.4 is 10.1 Å². The lowest BCUT2D eigenvalue weighted by atomic mass is 10.1. The number of hydrogen-bond acceptors (Lipinski definition) is 4. The lowest BCUT2D eigenvalue weighted by Crippen LogP contribution is -2.42. The third-order valence-electron chi connectivity index (χ3n) is 3.40. The van der Waals surface area contributed by atoms with Gasteiger partial charge in [-0.05, 0) is 23.3 Å². The van der Waals surface area contributed by atoms with E-state index in [0.717, 1.165) is 11.1 Å². The standard InChI is InChI=1S/C18H19NO5/c1-23-15-9-7-13(8-10-15)11-16(17(20)21)19-18(22)24-12-14-5-3-2-4-6-14/h2-10,16H,11-12H2,1H3,(H,19,22)(H,20,21)/t16-/m1/s1. The summed E-state index contributed by atoms with van der Waals surface area (Å²) in [5, 5.41) is 11.6. The van der Waals surface area contributed by atoms with Crippen molar-refractivity contribution >= 4 is 12.1 Å². The van der Waals surface area contributed by atoms with Crippen LogP contribution in [0.3, 0.4) is 0 Å². The van der Waals surface area contributed by atoms with Gasteiger partial charge < -0.3 is 19.9 Å². The van der Waals surface area contributed by atoms with Crippen molar-refractivity contribution in [3.05, 3.63) is 65.7 Å². The Balaban J connectivity index is 1.90. The first-order valence-corrected chi connectivity index (χ1v) is 7.41. The molecule has 0 bridgehead atoms. The molecule has 0 radical (unpaired) electrons. The quantitative estimate of drug-likeness (QED) is 0.815. The van der Waals surface area contributed by atoms with Crippen molar-refractivity contribution in [3.63, 3.8) is 0 Å². The van der Waals surface area contributed by atoms with Gasteiger partial charge in [-0.15, -0.1) is 0 Å². The van der Waals surface area contributed by atoms with Gasteiger partial charge in [-0.2, -0.15) is 0 Å². The highest BCUT2D eigenvalue weighted by molar-refractivity contribution is 5.80. The number of alkyl carbamates (subject to hydrolysis) is 1. The molecular formula is C18H19NO5. The smallest absolute Gasteiger partial charge is 0.408 e. The summed E-state index contributed by atoms with van der Waals surface area (Å²) in [5.74, 6) is -0.441. The SMILES string of the molecule is COc1ccc(C[C@@H](NC(=O)OCc2ccccc2)C(=O)O)cc1. The predicted molar refractivity (Wildman–Crippen MR) is 87.9 cm³/mol. The summed E-state index contributed by atoms with van der Waals surface area (Å²) in [4.78, 5) is 23.1. The zero-order valence-corrected chi connectivity index (χ0v) is 13.3. The highest BCUT2D eigenvalue weighted by Gasteiger charge is 2.21. The van der Waals surface area contributed by atoms with E-state index in [1.54, 1.807) is 31.4 Å². The van der Waals surface area contributed by atoms with Crippen molar-refractivity contribution < 1.29 is 24.2 Å². The first-order chi connectivity index (χ1) is 11.6. The number of hydrogen-bond donors (Lipinski definition) is 2. The summed E-state index contributed by atoms with van der Waals surface area (Å²) in [6.07, 6.45) is -0.612. The number of benzene rings is 2. The Morgan fingerprint density at radius 2 is 1.71 bits per heavy atom. The van der Waals surface area contributed by atoms with Gasteiger partial charge in [0.15, 0.2) is 0 Å². The van der Waals surface area contributed by atoms with Crippen LogP contribution >= 0.6 is 0 Å². The largest absolute Gasteiger partial charge is 0.497 e. The summed E-state index contributed by atoms with van der Waals surface area (Å²) in [7, 11) is 1.55. The minimum Gasteiger partial charge on any atom is -0.497 e. The maximum absolute atomic E-state index is 11.8. The van der Waals surface area contributed by atoms with E-state index in [-0.39, 0.29) is 13.0 Å². The average Bonchev–Trinajstić information content (AvgIpc) is 2.61. The Morgan fingerprint density at radius 1 is 1.04 bits per heavy atom. The molecule has 2 aromatic rings. The number of carboxylic acids is 1. The van der Waals surface area contributed by atoms with Crippen LogP contribution in [-0.2, 0) is 22.6 Å². The van der Waals surface area contributed by atoms with Gasteiger partial charge in [0.25, 0.3) is 0 Å². The molecule has 0 heterocycles. The van der Waals surface area contributed by atoms with Crippen molar-refractivity contribution in [2.45, 2.75) is 19.1 Å². The van der Waals surface area contributed by atoms with E-state index in [0.29, 0.717) is 5.75 Å². The zero-order chi connectivity index (χ0) is 17.4. The van der Waals surface area contributed by atoms with E-state index in [9.17, 15) is 14.7 Å². The lowest BCUT2D eigenvalue weighted by Gasteiger charge is -2.15. The minimum absolute atomic E-state index is 0.0849. The van der Waals surface area contributed by atoms with Gasteiger partial charge in [0.2, 0.25) is 0 Å². The fourth-order valence-electron chi connectivity index (χ4n) is 2.10. The number of amides is 1. The molecule has 0 unspecified atom stereocenters. The average molecular weight is 329 g/mol. The molecule has 0 saturated carbocycles. The van der Waals surface area contributed by atoms with Crippen LogP contribution in [0.25, 0.3) is 0 Å². The van der Waals surface area contributed by atoms with Gasteiger partial charge in [-0.3, -0.25) is 0 Å². The topological polar surface area (TPSA) is 84.9 Å². The number of rotatable bonds is 7. The molecule has 1 amide bonds. The Labute approximate surface area is 140 Å². The Bertz CT molecular complexity index is 670. The summed E-state index contributed by atoms with van der Waals surface area (Å²) >= 11 is 0. The van der Waals surface area contributed by atoms with Crippen LogP contribution in [0, 0.1) is 0 Å². The van der Waals surface area contributed by atoms with E-state index < -0.39 is 18.1 Å². The van der Waals surface area contributed by atoms with Crippen molar-refractivity contribution in [3.8, 4) is 5.75 Å². The fourth-order valence-corrected chi connectivity index (χ4v) is 2.10. The second-order valence-corrected chi connectivity index (χ2v) is 5.15. The van der Waals surface area contributed by atoms with Crippen LogP contribution in [0.4, 0.5) is 4.79 Å². The summed E-state index contributed by atoms with van der Waals surface area (Å²) in [5.41, 5.74) is 1.60. The first-order valence-electron chi connectivity index (χ1n) is 7.41. The molecule has 0 saturated heterocycles. The number of aliphatic carboxylic acids is 1. The van der Waals surface area contributed by atoms with Crippen molar-refractivity contribution in [1.82, 2.24) is 5.32 Å². The first kappa shape index (κ1) is 17.3. The molecule has 0 fully saturated rings. The summed E-state index contributed by atoms with van der Waals surface area (Å²) in [6, 6.07) is 15.1. The minimum atomic E-state index is -1.12. The molecule has 2 rings (SSSR count). The Hall–Kier alpha value is -3.02. The molecule has 126 valence electrons. The van der Waals surface area contributed by atoms with E-state index in [1.165, 1.54) is 0 Å². The Kier molecular flexibility index (Phi) is 6.19. The third kappa shape index (κ3) is 5.31.